The van der Waals surface area contributed by atoms with Crippen LogP contribution >= 0.6 is 0 Å². The first-order valence-corrected chi connectivity index (χ1v) is 14.3. The summed E-state index contributed by atoms with van der Waals surface area (Å²) >= 11 is 0. The molecule has 0 bridgehead atoms. The first-order valence-electron chi connectivity index (χ1n) is 14.3. The van der Waals surface area contributed by atoms with E-state index in [1.807, 2.05) is 0 Å². The summed E-state index contributed by atoms with van der Waals surface area (Å²) in [6.45, 7) is 5.03. The Morgan fingerprint density at radius 1 is 1.21 bits per heavy atom. The maximum Gasteiger partial charge on any atom is 0.323 e. The molecule has 8 nitrogen and oxygen atoms in total. The van der Waals surface area contributed by atoms with Gasteiger partial charge in [0.25, 0.3) is 0 Å². The van der Waals surface area contributed by atoms with E-state index in [0.29, 0.717) is 49.3 Å². The van der Waals surface area contributed by atoms with Gasteiger partial charge in [0.15, 0.2) is 5.82 Å². The number of nitrogens with two attached hydrogens (primary N) is 1. The lowest BCUT2D eigenvalue weighted by atomic mass is 9.98. The number of hydrogen-bond donors (Lipinski definition) is 3. The van der Waals surface area contributed by atoms with Crippen LogP contribution in [0.2, 0.25) is 0 Å². The molecule has 0 aromatic heterocycles. The van der Waals surface area contributed by atoms with Gasteiger partial charge in [0, 0.05) is 36.4 Å². The Morgan fingerprint density at radius 2 is 1.98 bits per heavy atom. The molecule has 0 spiro atoms. The fourth-order valence-corrected chi connectivity index (χ4v) is 5.26. The summed E-state index contributed by atoms with van der Waals surface area (Å²) in [6.07, 6.45) is 8.09. The third-order valence-corrected chi connectivity index (χ3v) is 7.44. The number of nitrogens with one attached hydrogen (secondary N) is 2. The van der Waals surface area contributed by atoms with Gasteiger partial charge >= 0.3 is 5.97 Å². The van der Waals surface area contributed by atoms with Gasteiger partial charge in [-0.1, -0.05) is 6.58 Å². The van der Waals surface area contributed by atoms with Gasteiger partial charge in [0.1, 0.15) is 47.3 Å². The molecule has 11 heteroatoms. The molecule has 4 rings (SSSR count). The third kappa shape index (κ3) is 7.85. The van der Waals surface area contributed by atoms with Crippen molar-refractivity contribution in [3.8, 4) is 5.75 Å². The number of nitrogens with zero attached hydrogens (tertiary/aromatic N) is 1. The van der Waals surface area contributed by atoms with Crippen LogP contribution in [0.1, 0.15) is 44.1 Å². The summed E-state index contributed by atoms with van der Waals surface area (Å²) in [5.74, 6) is -1.78. The van der Waals surface area contributed by atoms with Gasteiger partial charge < -0.3 is 30.7 Å². The Hall–Kier alpha value is -4.09. The van der Waals surface area contributed by atoms with Crippen LogP contribution in [0.5, 0.6) is 5.75 Å². The second kappa shape index (κ2) is 14.9. The number of fused-ring (bicyclic) bond motifs is 1. The van der Waals surface area contributed by atoms with Gasteiger partial charge in [-0.3, -0.25) is 9.59 Å². The monoisotopic (exact) mass is 598 g/mol. The minimum absolute atomic E-state index is 0.0186. The van der Waals surface area contributed by atoms with Gasteiger partial charge in [-0.15, -0.1) is 0 Å². The Balaban J connectivity index is 1.41. The number of halogens is 3. The molecule has 0 saturated heterocycles. The fraction of sp³-hybridized carbons (Fsp3) is 0.375. The molecule has 1 saturated carbocycles. The van der Waals surface area contributed by atoms with Crippen molar-refractivity contribution in [1.82, 2.24) is 5.32 Å². The molecule has 1 fully saturated rings. The Labute approximate surface area is 249 Å². The SMILES string of the molecule is C=C(C(/C=C\C=O)=C1\Nc2cc(OCCCN[C@@H](CCN)C(=O)OC3CCCC3)cc(F)c2N1C)c1ccc(F)cc1F. The van der Waals surface area contributed by atoms with Crippen molar-refractivity contribution >= 4 is 29.2 Å². The van der Waals surface area contributed by atoms with E-state index < -0.39 is 23.5 Å². The predicted octanol–water partition coefficient (Wildman–Crippen LogP) is 5.21. The van der Waals surface area contributed by atoms with Crippen molar-refractivity contribution in [1.29, 1.82) is 0 Å². The zero-order chi connectivity index (χ0) is 30.9. The van der Waals surface area contributed by atoms with E-state index in [1.54, 1.807) is 13.1 Å². The molecule has 1 aliphatic carbocycles. The summed E-state index contributed by atoms with van der Waals surface area (Å²) in [7, 11) is 1.61. The molecular weight excluding hydrogens is 561 g/mol. The number of ether oxygens (including phenoxy) is 2. The van der Waals surface area contributed by atoms with Crippen molar-refractivity contribution in [2.75, 3.05) is 37.0 Å². The fourth-order valence-electron chi connectivity index (χ4n) is 5.26. The topological polar surface area (TPSA) is 106 Å². The van der Waals surface area contributed by atoms with Gasteiger partial charge in [-0.2, -0.15) is 0 Å². The molecule has 1 aliphatic heterocycles. The Bertz CT molecular complexity index is 1410. The standard InChI is InChI=1S/C32H37F3N4O4/c1-20(24-11-10-21(33)17-26(24)34)25(9-5-15-40)31-38-29-19-23(18-27(35)30(29)39(31)2)42-16-6-14-37-28(12-13-36)32(41)43-22-7-3-4-8-22/h5,9-11,15,17-19,22,28,37-38H,1,3-4,6-8,12-14,16,36H2,2H3/b9-5-,31-25+/t28-/m0/s1. The number of hydrogen-bond acceptors (Lipinski definition) is 8. The van der Waals surface area contributed by atoms with Crippen LogP contribution in [0.4, 0.5) is 24.5 Å². The molecule has 2 aromatic carbocycles. The number of benzene rings is 2. The molecule has 1 atom stereocenters. The van der Waals surface area contributed by atoms with Crippen LogP contribution in [0.25, 0.3) is 5.57 Å². The lowest BCUT2D eigenvalue weighted by molar-refractivity contribution is -0.151. The maximum absolute atomic E-state index is 15.3. The summed E-state index contributed by atoms with van der Waals surface area (Å²) < 4.78 is 54.8. The van der Waals surface area contributed by atoms with Crippen molar-refractivity contribution in [3.63, 3.8) is 0 Å². The van der Waals surface area contributed by atoms with Crippen LogP contribution in [0.3, 0.4) is 0 Å². The average molecular weight is 599 g/mol. The second-order valence-electron chi connectivity index (χ2n) is 10.5. The van der Waals surface area contributed by atoms with Crippen LogP contribution < -0.4 is 26.0 Å². The molecule has 1 heterocycles. The lowest BCUT2D eigenvalue weighted by Gasteiger charge is -2.20. The molecule has 2 aliphatic rings. The van der Waals surface area contributed by atoms with Crippen LogP contribution in [0.15, 0.2) is 60.5 Å². The Morgan fingerprint density at radius 3 is 2.67 bits per heavy atom. The minimum atomic E-state index is -0.822. The largest absolute Gasteiger partial charge is 0.493 e. The second-order valence-corrected chi connectivity index (χ2v) is 10.5. The third-order valence-electron chi connectivity index (χ3n) is 7.44. The minimum Gasteiger partial charge on any atom is -0.493 e. The van der Waals surface area contributed by atoms with E-state index in [2.05, 4.69) is 17.2 Å². The number of carbonyl (C=O) groups excluding carboxylic acids is 2. The van der Waals surface area contributed by atoms with Crippen LogP contribution in [-0.4, -0.2) is 51.1 Å². The van der Waals surface area contributed by atoms with E-state index in [9.17, 15) is 18.4 Å². The summed E-state index contributed by atoms with van der Waals surface area (Å²) in [6, 6.07) is 5.50. The molecule has 230 valence electrons. The molecule has 4 N–H and O–H groups in total. The number of carbonyl (C=O) groups is 2. The molecule has 0 unspecified atom stereocenters. The smallest absolute Gasteiger partial charge is 0.323 e. The predicted molar refractivity (Wildman–Crippen MR) is 160 cm³/mol. The van der Waals surface area contributed by atoms with Gasteiger partial charge in [-0.05, 0) is 81.5 Å². The highest BCUT2D eigenvalue weighted by Gasteiger charge is 2.29. The highest BCUT2D eigenvalue weighted by Crippen LogP contribution is 2.43. The first kappa shape index (κ1) is 31.8. The average Bonchev–Trinajstić information content (AvgIpc) is 3.60. The molecule has 0 amide bonds. The van der Waals surface area contributed by atoms with E-state index in [4.69, 9.17) is 15.2 Å². The molecule has 43 heavy (non-hydrogen) atoms. The molecular formula is C32H37F3N4O4. The van der Waals surface area contributed by atoms with Gasteiger partial charge in [0.2, 0.25) is 0 Å². The maximum atomic E-state index is 15.3. The Kier molecular flexibility index (Phi) is 11.0. The van der Waals surface area contributed by atoms with E-state index in [0.717, 1.165) is 37.8 Å². The van der Waals surface area contributed by atoms with E-state index in [-0.39, 0.29) is 41.3 Å². The summed E-state index contributed by atoms with van der Waals surface area (Å²) in [5.41, 5.74) is 6.81. The molecule has 0 radical (unpaired) electrons. The van der Waals surface area contributed by atoms with Crippen molar-refractivity contribution < 1.29 is 32.2 Å². The van der Waals surface area contributed by atoms with Crippen LogP contribution in [-0.2, 0) is 14.3 Å². The quantitative estimate of drug-likeness (QED) is 0.118. The zero-order valence-corrected chi connectivity index (χ0v) is 24.1. The van der Waals surface area contributed by atoms with Crippen molar-refractivity contribution in [3.05, 3.63) is 83.5 Å². The first-order chi connectivity index (χ1) is 20.7. The highest BCUT2D eigenvalue weighted by atomic mass is 19.1. The number of esters is 1. The van der Waals surface area contributed by atoms with Crippen molar-refractivity contribution in [2.24, 2.45) is 5.73 Å². The summed E-state index contributed by atoms with van der Waals surface area (Å²) in [4.78, 5) is 25.2. The number of allylic oxidation sites excluding steroid dienone is 4. The number of aldehydes is 1. The van der Waals surface area contributed by atoms with E-state index >= 15 is 4.39 Å². The summed E-state index contributed by atoms with van der Waals surface area (Å²) in [5, 5.41) is 6.30. The van der Waals surface area contributed by atoms with Gasteiger partial charge in [-0.25, -0.2) is 13.2 Å². The number of anilines is 2. The van der Waals surface area contributed by atoms with Crippen molar-refractivity contribution in [2.45, 2.75) is 50.7 Å². The van der Waals surface area contributed by atoms with Gasteiger partial charge in [0.05, 0.1) is 12.3 Å². The lowest BCUT2D eigenvalue weighted by Crippen LogP contribution is -2.41. The highest BCUT2D eigenvalue weighted by molar-refractivity contribution is 5.90. The normalized spacial score (nSPS) is 16.6. The zero-order valence-electron chi connectivity index (χ0n) is 24.1. The number of rotatable bonds is 14. The molecule has 2 aromatic rings. The van der Waals surface area contributed by atoms with Crippen LogP contribution in [0, 0.1) is 17.5 Å². The van der Waals surface area contributed by atoms with E-state index in [1.165, 1.54) is 29.2 Å².